The zero-order valence-corrected chi connectivity index (χ0v) is 8.08. The number of nitrogens with zero attached hydrogens (tertiary/aromatic N) is 1. The summed E-state index contributed by atoms with van der Waals surface area (Å²) in [5.41, 5.74) is 4.70. The van der Waals surface area contributed by atoms with Gasteiger partial charge in [-0.1, -0.05) is 0 Å². The normalized spacial score (nSPS) is 31.7. The largest absolute Gasteiger partial charge is 0.368 e. The monoisotopic (exact) mass is 197 g/mol. The van der Waals surface area contributed by atoms with Crippen LogP contribution in [0.15, 0.2) is 0 Å². The lowest BCUT2D eigenvalue weighted by atomic mass is 9.96. The zero-order chi connectivity index (χ0) is 10.2. The van der Waals surface area contributed by atoms with Crippen LogP contribution < -0.4 is 11.1 Å². The second-order valence-corrected chi connectivity index (χ2v) is 4.06. The summed E-state index contributed by atoms with van der Waals surface area (Å²) >= 11 is 0. The van der Waals surface area contributed by atoms with Crippen molar-refractivity contribution in [3.8, 4) is 0 Å². The summed E-state index contributed by atoms with van der Waals surface area (Å²) in [4.78, 5) is 24.2. The molecule has 2 saturated heterocycles. The summed E-state index contributed by atoms with van der Waals surface area (Å²) in [5.74, 6) is -0.387. The maximum atomic E-state index is 11.9. The van der Waals surface area contributed by atoms with Crippen LogP contribution in [0, 0.1) is 0 Å². The molecule has 2 rings (SSSR count). The molecule has 0 aromatic carbocycles. The second-order valence-electron chi connectivity index (χ2n) is 4.06. The fourth-order valence-electron chi connectivity index (χ4n) is 2.38. The van der Waals surface area contributed by atoms with Gasteiger partial charge in [0.2, 0.25) is 11.8 Å². The predicted molar refractivity (Wildman–Crippen MR) is 50.4 cm³/mol. The molecular formula is C9H15N3O2. The van der Waals surface area contributed by atoms with Crippen LogP contribution in [0.3, 0.4) is 0 Å². The van der Waals surface area contributed by atoms with E-state index in [-0.39, 0.29) is 18.0 Å². The SMILES string of the molecule is NC(=O)CN1CCC2(CCCN2)C1=O. The quantitative estimate of drug-likeness (QED) is 0.585. The summed E-state index contributed by atoms with van der Waals surface area (Å²) in [6.07, 6.45) is 2.73. The standard InChI is InChI=1S/C9H15N3O2/c10-7(13)6-12-5-3-9(8(12)14)2-1-4-11-9/h11H,1-6H2,(H2,10,13). The summed E-state index contributed by atoms with van der Waals surface area (Å²) in [7, 11) is 0. The van der Waals surface area contributed by atoms with E-state index in [0.29, 0.717) is 6.54 Å². The third-order valence-electron chi connectivity index (χ3n) is 3.10. The van der Waals surface area contributed by atoms with E-state index < -0.39 is 5.91 Å². The van der Waals surface area contributed by atoms with Gasteiger partial charge in [-0.15, -0.1) is 0 Å². The molecule has 0 aliphatic carbocycles. The first-order valence-electron chi connectivity index (χ1n) is 4.97. The van der Waals surface area contributed by atoms with Crippen molar-refractivity contribution < 1.29 is 9.59 Å². The molecule has 0 aromatic heterocycles. The predicted octanol–water partition coefficient (Wildman–Crippen LogP) is -1.17. The van der Waals surface area contributed by atoms with Crippen molar-refractivity contribution in [3.05, 3.63) is 0 Å². The van der Waals surface area contributed by atoms with Crippen molar-refractivity contribution in [3.63, 3.8) is 0 Å². The minimum absolute atomic E-state index is 0.0498. The molecule has 5 nitrogen and oxygen atoms in total. The lowest BCUT2D eigenvalue weighted by Gasteiger charge is -2.22. The Bertz CT molecular complexity index is 271. The average molecular weight is 197 g/mol. The van der Waals surface area contributed by atoms with E-state index in [4.69, 9.17) is 5.73 Å². The number of hydrogen-bond donors (Lipinski definition) is 2. The van der Waals surface area contributed by atoms with Crippen LogP contribution in [0.4, 0.5) is 0 Å². The molecule has 2 aliphatic rings. The van der Waals surface area contributed by atoms with Gasteiger partial charge < -0.3 is 16.0 Å². The fraction of sp³-hybridized carbons (Fsp3) is 0.778. The highest BCUT2D eigenvalue weighted by Crippen LogP contribution is 2.30. The fourth-order valence-corrected chi connectivity index (χ4v) is 2.38. The number of nitrogens with two attached hydrogens (primary N) is 1. The number of carbonyl (C=O) groups is 2. The van der Waals surface area contributed by atoms with Crippen LogP contribution in [0.2, 0.25) is 0 Å². The van der Waals surface area contributed by atoms with E-state index in [1.165, 1.54) is 0 Å². The lowest BCUT2D eigenvalue weighted by Crippen LogP contribution is -2.48. The Morgan fingerprint density at radius 3 is 2.93 bits per heavy atom. The number of nitrogens with one attached hydrogen (secondary N) is 1. The molecule has 5 heteroatoms. The van der Waals surface area contributed by atoms with Gasteiger partial charge in [0.05, 0.1) is 12.1 Å². The van der Waals surface area contributed by atoms with Crippen molar-refractivity contribution in [1.29, 1.82) is 0 Å². The molecule has 2 amide bonds. The molecule has 3 N–H and O–H groups in total. The van der Waals surface area contributed by atoms with Gasteiger partial charge in [-0.3, -0.25) is 9.59 Å². The van der Waals surface area contributed by atoms with Gasteiger partial charge in [-0.25, -0.2) is 0 Å². The summed E-state index contributed by atoms with van der Waals surface area (Å²) < 4.78 is 0. The molecule has 2 aliphatic heterocycles. The van der Waals surface area contributed by atoms with E-state index in [2.05, 4.69) is 5.32 Å². The maximum absolute atomic E-state index is 11.9. The minimum atomic E-state index is -0.437. The number of carbonyl (C=O) groups excluding carboxylic acids is 2. The van der Waals surface area contributed by atoms with E-state index in [1.807, 2.05) is 0 Å². The smallest absolute Gasteiger partial charge is 0.243 e. The Balaban J connectivity index is 2.06. The minimum Gasteiger partial charge on any atom is -0.368 e. The molecule has 0 saturated carbocycles. The Kier molecular flexibility index (Phi) is 2.19. The Hall–Kier alpha value is -1.10. The lowest BCUT2D eigenvalue weighted by molar-refractivity contribution is -0.135. The number of hydrogen-bond acceptors (Lipinski definition) is 3. The number of amides is 2. The Labute approximate surface area is 82.6 Å². The van der Waals surface area contributed by atoms with Gasteiger partial charge >= 0.3 is 0 Å². The molecule has 0 bridgehead atoms. The van der Waals surface area contributed by atoms with Crippen LogP contribution in [0.25, 0.3) is 0 Å². The molecule has 2 heterocycles. The first-order chi connectivity index (χ1) is 6.64. The molecule has 0 radical (unpaired) electrons. The number of primary amides is 1. The Morgan fingerprint density at radius 2 is 2.36 bits per heavy atom. The third kappa shape index (κ3) is 1.37. The zero-order valence-electron chi connectivity index (χ0n) is 8.08. The molecule has 78 valence electrons. The maximum Gasteiger partial charge on any atom is 0.243 e. The average Bonchev–Trinajstić information content (AvgIpc) is 2.69. The molecule has 2 fully saturated rings. The first-order valence-corrected chi connectivity index (χ1v) is 4.97. The van der Waals surface area contributed by atoms with Crippen molar-refractivity contribution in [2.45, 2.75) is 24.8 Å². The van der Waals surface area contributed by atoms with Crippen LogP contribution in [0.1, 0.15) is 19.3 Å². The summed E-state index contributed by atoms with van der Waals surface area (Å²) in [6, 6.07) is 0. The van der Waals surface area contributed by atoms with Crippen molar-refractivity contribution in [1.82, 2.24) is 10.2 Å². The highest BCUT2D eigenvalue weighted by Gasteiger charge is 2.48. The molecule has 1 spiro atoms. The molecule has 1 unspecified atom stereocenters. The van der Waals surface area contributed by atoms with Crippen molar-refractivity contribution in [2.24, 2.45) is 5.73 Å². The molecule has 0 aromatic rings. The van der Waals surface area contributed by atoms with E-state index in [1.54, 1.807) is 4.90 Å². The summed E-state index contributed by atoms with van der Waals surface area (Å²) in [5, 5.41) is 3.24. The van der Waals surface area contributed by atoms with Crippen LogP contribution in [-0.2, 0) is 9.59 Å². The van der Waals surface area contributed by atoms with Gasteiger partial charge in [0.15, 0.2) is 0 Å². The van der Waals surface area contributed by atoms with Gasteiger partial charge in [-0.2, -0.15) is 0 Å². The van der Waals surface area contributed by atoms with Gasteiger partial charge in [-0.05, 0) is 25.8 Å². The number of rotatable bonds is 2. The van der Waals surface area contributed by atoms with E-state index in [0.717, 1.165) is 25.8 Å². The van der Waals surface area contributed by atoms with Gasteiger partial charge in [0.1, 0.15) is 0 Å². The molecule has 1 atom stereocenters. The second kappa shape index (κ2) is 3.24. The van der Waals surface area contributed by atoms with Gasteiger partial charge in [0.25, 0.3) is 0 Å². The first kappa shape index (κ1) is 9.45. The van der Waals surface area contributed by atoms with Gasteiger partial charge in [0, 0.05) is 6.54 Å². The van der Waals surface area contributed by atoms with Crippen molar-refractivity contribution in [2.75, 3.05) is 19.6 Å². The molecular weight excluding hydrogens is 182 g/mol. The molecule has 14 heavy (non-hydrogen) atoms. The van der Waals surface area contributed by atoms with Crippen molar-refractivity contribution >= 4 is 11.8 Å². The van der Waals surface area contributed by atoms with Crippen LogP contribution in [-0.4, -0.2) is 41.9 Å². The van der Waals surface area contributed by atoms with Crippen LogP contribution >= 0.6 is 0 Å². The van der Waals surface area contributed by atoms with E-state index >= 15 is 0 Å². The number of likely N-dealkylation sites (tertiary alicyclic amines) is 1. The third-order valence-corrected chi connectivity index (χ3v) is 3.10. The Morgan fingerprint density at radius 1 is 1.57 bits per heavy atom. The highest BCUT2D eigenvalue weighted by molar-refractivity contribution is 5.92. The summed E-state index contributed by atoms with van der Waals surface area (Å²) in [6.45, 7) is 1.60. The van der Waals surface area contributed by atoms with Crippen LogP contribution in [0.5, 0.6) is 0 Å². The highest BCUT2D eigenvalue weighted by atomic mass is 16.2. The van der Waals surface area contributed by atoms with E-state index in [9.17, 15) is 9.59 Å². The topological polar surface area (TPSA) is 75.4 Å².